The van der Waals surface area contributed by atoms with E-state index >= 15 is 4.39 Å². The Balaban J connectivity index is 1.05. The maximum atomic E-state index is 15.3. The predicted octanol–water partition coefficient (Wildman–Crippen LogP) is 3.89. The summed E-state index contributed by atoms with van der Waals surface area (Å²) in [4.78, 5) is 36.4. The van der Waals surface area contributed by atoms with Gasteiger partial charge in [-0.15, -0.1) is 0 Å². The lowest BCUT2D eigenvalue weighted by Crippen LogP contribution is -2.56. The number of nitrogens with zero attached hydrogens (tertiary/aromatic N) is 5. The van der Waals surface area contributed by atoms with Crippen LogP contribution < -0.4 is 26.4 Å². The van der Waals surface area contributed by atoms with E-state index in [-0.39, 0.29) is 11.5 Å². The number of carbonyl (C=O) groups is 1. The van der Waals surface area contributed by atoms with Crippen molar-refractivity contribution in [3.63, 3.8) is 0 Å². The van der Waals surface area contributed by atoms with Crippen LogP contribution in [0.15, 0.2) is 53.6 Å². The van der Waals surface area contributed by atoms with Crippen LogP contribution in [0.5, 0.6) is 0 Å². The zero-order chi connectivity index (χ0) is 32.8. The molecule has 3 N–H and O–H groups in total. The van der Waals surface area contributed by atoms with E-state index in [2.05, 4.69) is 35.3 Å². The third-order valence-electron chi connectivity index (χ3n) is 10.2. The summed E-state index contributed by atoms with van der Waals surface area (Å²) in [6.45, 7) is 7.25. The Kier molecular flexibility index (Phi) is 8.23. The molecule has 4 aromatic rings. The van der Waals surface area contributed by atoms with Gasteiger partial charge in [0.15, 0.2) is 0 Å². The highest BCUT2D eigenvalue weighted by molar-refractivity contribution is 6.04. The van der Waals surface area contributed by atoms with Gasteiger partial charge in [0.1, 0.15) is 23.0 Å². The summed E-state index contributed by atoms with van der Waals surface area (Å²) in [7, 11) is 1.68. The minimum absolute atomic E-state index is 0.232. The van der Waals surface area contributed by atoms with Crippen LogP contribution in [0, 0.1) is 5.82 Å². The Hall–Kier alpha value is -4.52. The molecular weight excluding hydrogens is 611 g/mol. The van der Waals surface area contributed by atoms with Crippen LogP contribution in [0.1, 0.15) is 40.2 Å². The van der Waals surface area contributed by atoms with E-state index in [1.54, 1.807) is 19.3 Å². The van der Waals surface area contributed by atoms with Gasteiger partial charge in [-0.2, -0.15) is 0 Å². The van der Waals surface area contributed by atoms with E-state index in [9.17, 15) is 9.59 Å². The molecule has 0 bridgehead atoms. The van der Waals surface area contributed by atoms with Crippen LogP contribution in [0.25, 0.3) is 11.1 Å². The molecule has 6 heterocycles. The number of ether oxygens (including phenoxy) is 1. The van der Waals surface area contributed by atoms with Gasteiger partial charge in [0.2, 0.25) is 0 Å². The molecule has 12 heteroatoms. The molecule has 48 heavy (non-hydrogen) atoms. The number of anilines is 4. The van der Waals surface area contributed by atoms with Crippen molar-refractivity contribution in [1.82, 2.24) is 24.3 Å². The molecule has 0 atom stereocenters. The first kappa shape index (κ1) is 30.8. The van der Waals surface area contributed by atoms with Gasteiger partial charge in [0.25, 0.3) is 11.5 Å². The van der Waals surface area contributed by atoms with Crippen molar-refractivity contribution in [2.75, 3.05) is 61.5 Å². The summed E-state index contributed by atoms with van der Waals surface area (Å²) in [5, 5.41) is 9.75. The third-order valence-corrected chi connectivity index (χ3v) is 10.2. The lowest BCUT2D eigenvalue weighted by atomic mass is 9.98. The quantitative estimate of drug-likeness (QED) is 0.298. The van der Waals surface area contributed by atoms with Crippen LogP contribution in [0.4, 0.5) is 27.3 Å². The first-order valence-electron chi connectivity index (χ1n) is 17.0. The highest BCUT2D eigenvalue weighted by atomic mass is 19.1. The molecule has 0 spiro atoms. The van der Waals surface area contributed by atoms with Crippen molar-refractivity contribution in [2.45, 2.75) is 44.8 Å². The normalized spacial score (nSPS) is 18.7. The van der Waals surface area contributed by atoms with Crippen LogP contribution in [0.3, 0.4) is 0 Å². The molecular formula is C36H41FN8O3. The van der Waals surface area contributed by atoms with E-state index in [1.807, 2.05) is 24.4 Å². The topological polar surface area (TPSA) is 109 Å². The van der Waals surface area contributed by atoms with Crippen molar-refractivity contribution in [3.8, 4) is 11.1 Å². The average molecular weight is 653 g/mol. The third kappa shape index (κ3) is 5.88. The fraction of sp³-hybridized carbons (Fsp3) is 0.417. The summed E-state index contributed by atoms with van der Waals surface area (Å²) < 4.78 is 24.2. The first-order valence-corrected chi connectivity index (χ1v) is 17.0. The summed E-state index contributed by atoms with van der Waals surface area (Å²) in [5.41, 5.74) is 6.63. The smallest absolute Gasteiger partial charge is 0.274 e. The lowest BCUT2D eigenvalue weighted by Gasteiger charge is -2.43. The highest BCUT2D eigenvalue weighted by Gasteiger charge is 2.29. The monoisotopic (exact) mass is 652 g/mol. The largest absolute Gasteiger partial charge is 0.378 e. The number of piperazine rings is 1. The Morgan fingerprint density at radius 2 is 1.83 bits per heavy atom. The first-order chi connectivity index (χ1) is 23.4. The van der Waals surface area contributed by atoms with Crippen molar-refractivity contribution >= 4 is 28.8 Å². The van der Waals surface area contributed by atoms with Crippen molar-refractivity contribution in [1.29, 1.82) is 0 Å². The minimum atomic E-state index is -0.474. The van der Waals surface area contributed by atoms with Gasteiger partial charge in [-0.1, -0.05) is 0 Å². The Bertz CT molecular complexity index is 1910. The number of fused-ring (bicyclic) bond motifs is 4. The molecule has 11 nitrogen and oxygen atoms in total. The second kappa shape index (κ2) is 12.8. The molecule has 1 aliphatic carbocycles. The second-order valence-corrected chi connectivity index (χ2v) is 13.3. The number of aryl methyl sites for hydroxylation is 2. The van der Waals surface area contributed by atoms with Crippen LogP contribution in [0.2, 0.25) is 0 Å². The number of rotatable bonds is 5. The number of pyridine rings is 2. The average Bonchev–Trinajstić information content (AvgIpc) is 3.44. The number of benzene rings is 1. The van der Waals surface area contributed by atoms with Gasteiger partial charge in [-0.05, 0) is 78.8 Å². The number of nitrogens with one attached hydrogen (secondary N) is 3. The second-order valence-electron chi connectivity index (χ2n) is 13.3. The van der Waals surface area contributed by atoms with Gasteiger partial charge in [-0.3, -0.25) is 14.5 Å². The van der Waals surface area contributed by atoms with Gasteiger partial charge in [-0.25, -0.2) is 9.37 Å². The highest BCUT2D eigenvalue weighted by Crippen LogP contribution is 2.34. The maximum absolute atomic E-state index is 15.3. The molecule has 0 radical (unpaired) electrons. The number of halogens is 1. The SMILES string of the molecule is Cn1cc(-c2cc(F)cc3c2CNCCn2c(cc4c2CCCC4)C(=O)N3)cc(Nc2ccc(N3CCN(C4COC4)CC3)cn2)c1=O. The lowest BCUT2D eigenvalue weighted by molar-refractivity contribution is -0.0660. The van der Waals surface area contributed by atoms with E-state index in [4.69, 9.17) is 4.74 Å². The van der Waals surface area contributed by atoms with Crippen LogP contribution in [-0.2, 0) is 37.7 Å². The minimum Gasteiger partial charge on any atom is -0.378 e. The van der Waals surface area contributed by atoms with Crippen molar-refractivity contribution in [2.24, 2.45) is 7.05 Å². The molecule has 4 aliphatic rings. The molecule has 250 valence electrons. The zero-order valence-electron chi connectivity index (χ0n) is 27.2. The fourth-order valence-electron chi connectivity index (χ4n) is 7.51. The van der Waals surface area contributed by atoms with E-state index < -0.39 is 5.82 Å². The van der Waals surface area contributed by atoms with Crippen molar-refractivity contribution < 1.29 is 13.9 Å². The van der Waals surface area contributed by atoms with Crippen LogP contribution in [-0.4, -0.2) is 76.9 Å². The number of hydrogen-bond acceptors (Lipinski definition) is 8. The fourth-order valence-corrected chi connectivity index (χ4v) is 7.51. The van der Waals surface area contributed by atoms with E-state index in [0.717, 1.165) is 76.3 Å². The van der Waals surface area contributed by atoms with E-state index in [1.165, 1.54) is 28.0 Å². The summed E-state index contributed by atoms with van der Waals surface area (Å²) in [6.07, 6.45) is 7.72. The molecule has 1 aromatic carbocycles. The number of amides is 1. The Morgan fingerprint density at radius 3 is 2.60 bits per heavy atom. The Labute approximate surface area is 278 Å². The standard InChI is InChI=1S/C36H41FN8O3/c1-42-20-24(14-31(36(42)47)40-34-7-6-26(18-39-34)43-10-12-44(13-11-43)27-21-48-22-27)28-16-25(37)17-30-29(28)19-38-8-9-45-32-5-3-2-4-23(32)15-33(45)35(46)41-30/h6-7,14-18,20,27,38H,2-5,8-13,19,21-22H2,1H3,(H,39,40)(H,41,46). The number of aromatic nitrogens is 3. The maximum Gasteiger partial charge on any atom is 0.274 e. The molecule has 2 fully saturated rings. The molecule has 3 aromatic heterocycles. The Morgan fingerprint density at radius 1 is 1.00 bits per heavy atom. The summed E-state index contributed by atoms with van der Waals surface area (Å²) in [5.74, 6) is -0.172. The van der Waals surface area contributed by atoms with Gasteiger partial charge in [0, 0.05) is 76.0 Å². The van der Waals surface area contributed by atoms with E-state index in [0.29, 0.717) is 59.7 Å². The predicted molar refractivity (Wildman–Crippen MR) is 184 cm³/mol. The summed E-state index contributed by atoms with van der Waals surface area (Å²) in [6, 6.07) is 11.0. The molecule has 0 unspecified atom stereocenters. The van der Waals surface area contributed by atoms with Crippen LogP contribution >= 0.6 is 0 Å². The van der Waals surface area contributed by atoms with Gasteiger partial charge in [0.05, 0.1) is 31.1 Å². The molecule has 8 rings (SSSR count). The molecule has 0 saturated carbocycles. The molecule has 3 aliphatic heterocycles. The van der Waals surface area contributed by atoms with Gasteiger partial charge < -0.3 is 34.7 Å². The number of carbonyl (C=O) groups excluding carboxylic acids is 1. The molecule has 1 amide bonds. The number of hydrogen-bond donors (Lipinski definition) is 3. The molecule has 2 saturated heterocycles. The van der Waals surface area contributed by atoms with Crippen molar-refractivity contribution in [3.05, 3.63) is 87.5 Å². The van der Waals surface area contributed by atoms with Gasteiger partial charge >= 0.3 is 0 Å². The summed E-state index contributed by atoms with van der Waals surface area (Å²) >= 11 is 0. The zero-order valence-corrected chi connectivity index (χ0v) is 27.2.